The zero-order valence-corrected chi connectivity index (χ0v) is 16.2. The lowest BCUT2D eigenvalue weighted by Gasteiger charge is -2.08. The highest BCUT2D eigenvalue weighted by molar-refractivity contribution is 14.1. The number of rotatable bonds is 5. The molecule has 25 heavy (non-hydrogen) atoms. The average molecular weight is 460 g/mol. The number of carbonyl (C=O) groups excluding carboxylic acids is 1. The fourth-order valence-electron chi connectivity index (χ4n) is 1.93. The molecule has 2 aromatic rings. The number of nitrogens with zero attached hydrogens (tertiary/aromatic N) is 2. The normalized spacial score (nSPS) is 10.5. The topological polar surface area (TPSA) is 88.7 Å². The van der Waals surface area contributed by atoms with Crippen LogP contribution >= 0.6 is 34.4 Å². The molecule has 0 saturated carbocycles. The van der Waals surface area contributed by atoms with Gasteiger partial charge in [-0.15, -0.1) is 0 Å². The molecule has 0 atom stereocenters. The summed E-state index contributed by atoms with van der Waals surface area (Å²) in [5.41, 5.74) is 2.28. The monoisotopic (exact) mass is 460 g/mol. The van der Waals surface area contributed by atoms with Gasteiger partial charge in [0, 0.05) is 26.0 Å². The van der Waals surface area contributed by atoms with E-state index >= 15 is 0 Å². The summed E-state index contributed by atoms with van der Waals surface area (Å²) in [5, 5.41) is 25.5. The number of nitrogens with one attached hydrogen (secondary N) is 2. The lowest BCUT2D eigenvalue weighted by atomic mass is 10.2. The number of hydrogen-bond acceptors (Lipinski definition) is 5. The Balaban J connectivity index is 2.07. The molecule has 0 aliphatic carbocycles. The van der Waals surface area contributed by atoms with Crippen molar-refractivity contribution in [1.29, 1.82) is 10.5 Å². The van der Waals surface area contributed by atoms with Gasteiger partial charge in [-0.05, 0) is 89.3 Å². The van der Waals surface area contributed by atoms with E-state index in [4.69, 9.17) is 5.26 Å². The van der Waals surface area contributed by atoms with E-state index in [9.17, 15) is 10.1 Å². The van der Waals surface area contributed by atoms with Gasteiger partial charge in [0.15, 0.2) is 0 Å². The number of thiocyanates is 1. The Morgan fingerprint density at radius 3 is 2.52 bits per heavy atom. The molecule has 0 saturated heterocycles. The van der Waals surface area contributed by atoms with Gasteiger partial charge in [-0.3, -0.25) is 4.79 Å². The van der Waals surface area contributed by atoms with Crippen LogP contribution in [0.25, 0.3) is 0 Å². The van der Waals surface area contributed by atoms with Crippen LogP contribution in [0.2, 0.25) is 0 Å². The largest absolute Gasteiger partial charge is 0.360 e. The van der Waals surface area contributed by atoms with Crippen molar-refractivity contribution in [2.24, 2.45) is 0 Å². The molecule has 2 rings (SSSR count). The molecule has 0 aliphatic rings. The van der Waals surface area contributed by atoms with Crippen LogP contribution in [0, 0.1) is 32.5 Å². The molecule has 0 radical (unpaired) electrons. The summed E-state index contributed by atoms with van der Waals surface area (Å²) in [7, 11) is 0. The molecule has 2 aromatic carbocycles. The Labute approximate surface area is 163 Å². The minimum atomic E-state index is -0.476. The number of thioether (sulfide) groups is 1. The standard InChI is InChI=1S/C18H13IN4OS/c1-12-8-14(19)2-7-17(12)23-18(24)13(9-20)10-22-15-3-5-16(6-4-15)25-11-21/h2-8,10,22H,1H3,(H,23,24)/b13-10-. The van der Waals surface area contributed by atoms with Gasteiger partial charge in [0.1, 0.15) is 17.0 Å². The summed E-state index contributed by atoms with van der Waals surface area (Å²) in [5.74, 6) is -0.476. The Morgan fingerprint density at radius 2 is 1.92 bits per heavy atom. The highest BCUT2D eigenvalue weighted by atomic mass is 127. The van der Waals surface area contributed by atoms with Crippen molar-refractivity contribution in [3.05, 3.63) is 63.4 Å². The summed E-state index contributed by atoms with van der Waals surface area (Å²) >= 11 is 3.26. The van der Waals surface area contributed by atoms with E-state index in [1.54, 1.807) is 24.3 Å². The summed E-state index contributed by atoms with van der Waals surface area (Å²) in [6.07, 6.45) is 1.36. The SMILES string of the molecule is Cc1cc(I)ccc1NC(=O)/C(C#N)=C\Nc1ccc(SC#N)cc1. The quantitative estimate of drug-likeness (QED) is 0.223. The molecule has 0 aliphatic heterocycles. The number of carbonyl (C=O) groups is 1. The van der Waals surface area contributed by atoms with Gasteiger partial charge >= 0.3 is 0 Å². The van der Waals surface area contributed by atoms with Crippen molar-refractivity contribution < 1.29 is 4.79 Å². The highest BCUT2D eigenvalue weighted by Crippen LogP contribution is 2.20. The Hall–Kier alpha value is -2.49. The molecule has 0 fully saturated rings. The van der Waals surface area contributed by atoms with Crippen molar-refractivity contribution in [2.45, 2.75) is 11.8 Å². The lowest BCUT2D eigenvalue weighted by Crippen LogP contribution is -2.15. The third kappa shape index (κ3) is 5.52. The Morgan fingerprint density at radius 1 is 1.20 bits per heavy atom. The van der Waals surface area contributed by atoms with Gasteiger partial charge in [0.05, 0.1) is 0 Å². The summed E-state index contributed by atoms with van der Waals surface area (Å²) in [6.45, 7) is 1.90. The number of halogens is 1. The van der Waals surface area contributed by atoms with Gasteiger partial charge in [-0.2, -0.15) is 10.5 Å². The van der Waals surface area contributed by atoms with E-state index in [1.165, 1.54) is 6.20 Å². The van der Waals surface area contributed by atoms with Gasteiger partial charge in [0.2, 0.25) is 0 Å². The van der Waals surface area contributed by atoms with Crippen molar-refractivity contribution in [3.8, 4) is 11.5 Å². The Kier molecular flexibility index (Phi) is 6.87. The summed E-state index contributed by atoms with van der Waals surface area (Å²) < 4.78 is 1.07. The van der Waals surface area contributed by atoms with E-state index in [0.29, 0.717) is 11.4 Å². The van der Waals surface area contributed by atoms with Crippen molar-refractivity contribution in [1.82, 2.24) is 0 Å². The first-order valence-corrected chi connectivity index (χ1v) is 9.03. The van der Waals surface area contributed by atoms with Crippen LogP contribution in [0.5, 0.6) is 0 Å². The molecule has 0 aromatic heterocycles. The number of amides is 1. The number of anilines is 2. The first-order valence-electron chi connectivity index (χ1n) is 7.14. The van der Waals surface area contributed by atoms with Gasteiger partial charge in [-0.25, -0.2) is 0 Å². The van der Waals surface area contributed by atoms with Crippen LogP contribution < -0.4 is 10.6 Å². The average Bonchev–Trinajstić information content (AvgIpc) is 2.59. The van der Waals surface area contributed by atoms with E-state index in [0.717, 1.165) is 25.8 Å². The molecule has 2 N–H and O–H groups in total. The minimum Gasteiger partial charge on any atom is -0.360 e. The second-order valence-corrected chi connectivity index (χ2v) is 7.05. The van der Waals surface area contributed by atoms with Crippen LogP contribution in [0.1, 0.15) is 5.56 Å². The summed E-state index contributed by atoms with van der Waals surface area (Å²) in [6, 6.07) is 14.6. The number of hydrogen-bond donors (Lipinski definition) is 2. The van der Waals surface area contributed by atoms with Crippen molar-refractivity contribution >= 4 is 51.6 Å². The van der Waals surface area contributed by atoms with E-state index in [1.807, 2.05) is 36.6 Å². The molecule has 7 heteroatoms. The molecule has 0 spiro atoms. The Bertz CT molecular complexity index is 895. The van der Waals surface area contributed by atoms with E-state index in [-0.39, 0.29) is 5.57 Å². The van der Waals surface area contributed by atoms with Crippen LogP contribution in [0.15, 0.2) is 59.1 Å². The lowest BCUT2D eigenvalue weighted by molar-refractivity contribution is -0.112. The van der Waals surface area contributed by atoms with E-state index < -0.39 is 5.91 Å². The van der Waals surface area contributed by atoms with Gasteiger partial charge in [0.25, 0.3) is 5.91 Å². The first kappa shape index (κ1) is 18.8. The van der Waals surface area contributed by atoms with Crippen molar-refractivity contribution in [2.75, 3.05) is 10.6 Å². The molecule has 0 unspecified atom stereocenters. The molecule has 0 bridgehead atoms. The van der Waals surface area contributed by atoms with Crippen LogP contribution in [0.3, 0.4) is 0 Å². The second kappa shape index (κ2) is 9.11. The molecule has 124 valence electrons. The molecule has 1 amide bonds. The number of benzene rings is 2. The molecule has 5 nitrogen and oxygen atoms in total. The number of nitriles is 2. The fraction of sp³-hybridized carbons (Fsp3) is 0.0556. The fourth-order valence-corrected chi connectivity index (χ4v) is 2.96. The third-order valence-corrected chi connectivity index (χ3v) is 4.47. The molecular weight excluding hydrogens is 447 g/mol. The maximum atomic E-state index is 12.3. The van der Waals surface area contributed by atoms with Crippen LogP contribution in [0.4, 0.5) is 11.4 Å². The van der Waals surface area contributed by atoms with Crippen molar-refractivity contribution in [3.63, 3.8) is 0 Å². The molecule has 0 heterocycles. The first-order chi connectivity index (χ1) is 12.0. The minimum absolute atomic E-state index is 0.0339. The molecular formula is C18H13IN4OS. The van der Waals surface area contributed by atoms with Crippen LogP contribution in [-0.4, -0.2) is 5.91 Å². The van der Waals surface area contributed by atoms with Crippen LogP contribution in [-0.2, 0) is 4.79 Å². The summed E-state index contributed by atoms with van der Waals surface area (Å²) in [4.78, 5) is 13.1. The smallest absolute Gasteiger partial charge is 0.267 e. The maximum absolute atomic E-state index is 12.3. The zero-order valence-electron chi connectivity index (χ0n) is 13.2. The highest BCUT2D eigenvalue weighted by Gasteiger charge is 2.10. The second-order valence-electron chi connectivity index (χ2n) is 4.95. The predicted molar refractivity (Wildman–Crippen MR) is 108 cm³/mol. The van der Waals surface area contributed by atoms with E-state index in [2.05, 4.69) is 33.2 Å². The van der Waals surface area contributed by atoms with Gasteiger partial charge in [-0.1, -0.05) is 0 Å². The van der Waals surface area contributed by atoms with Gasteiger partial charge < -0.3 is 10.6 Å². The zero-order chi connectivity index (χ0) is 18.2. The predicted octanol–water partition coefficient (Wildman–Crippen LogP) is 4.63. The third-order valence-electron chi connectivity index (χ3n) is 3.20. The number of aryl methyl sites for hydroxylation is 1. The maximum Gasteiger partial charge on any atom is 0.267 e.